The molecule has 0 bridgehead atoms. The van der Waals surface area contributed by atoms with Crippen molar-refractivity contribution in [3.8, 4) is 5.75 Å². The Kier molecular flexibility index (Phi) is 4.35. The Labute approximate surface area is 109 Å². The molecule has 0 saturated carbocycles. The van der Waals surface area contributed by atoms with E-state index in [1.165, 1.54) is 0 Å². The minimum Gasteiger partial charge on any atom is -0.496 e. The summed E-state index contributed by atoms with van der Waals surface area (Å²) in [4.78, 5) is 12.0. The van der Waals surface area contributed by atoms with E-state index in [0.717, 1.165) is 22.6 Å². The fourth-order valence-electron chi connectivity index (χ4n) is 1.75. The normalized spacial score (nSPS) is 11.2. The van der Waals surface area contributed by atoms with E-state index < -0.39 is 5.54 Å². The van der Waals surface area contributed by atoms with Crippen molar-refractivity contribution < 1.29 is 9.53 Å². The fraction of sp³-hybridized carbons (Fsp3) is 0.500. The summed E-state index contributed by atoms with van der Waals surface area (Å²) >= 11 is 0. The summed E-state index contributed by atoms with van der Waals surface area (Å²) in [5.41, 5.74) is 2.21. The summed E-state index contributed by atoms with van der Waals surface area (Å²) in [7, 11) is 3.42. The molecule has 1 amide bonds. The number of ether oxygens (including phenoxy) is 1. The number of likely N-dealkylation sites (N-methyl/N-ethyl adjacent to an activating group) is 1. The Balaban J connectivity index is 2.97. The van der Waals surface area contributed by atoms with Crippen LogP contribution >= 0.6 is 0 Å². The first-order valence-electron chi connectivity index (χ1n) is 5.97. The zero-order valence-electron chi connectivity index (χ0n) is 12.0. The average Bonchev–Trinajstić information content (AvgIpc) is 2.28. The van der Waals surface area contributed by atoms with Crippen LogP contribution in [0.25, 0.3) is 0 Å². The van der Waals surface area contributed by atoms with Crippen LogP contribution < -0.4 is 15.4 Å². The predicted octanol–water partition coefficient (Wildman–Crippen LogP) is 2.25. The first-order valence-corrected chi connectivity index (χ1v) is 5.97. The standard InChI is InChI=1S/C14H22N2O2/c1-9-7-11(8-10(2)12(9)18-6)16-13(17)14(3,4)15-5/h7-8,15H,1-6H3,(H,16,17). The highest BCUT2D eigenvalue weighted by atomic mass is 16.5. The van der Waals surface area contributed by atoms with Gasteiger partial charge >= 0.3 is 0 Å². The van der Waals surface area contributed by atoms with Gasteiger partial charge in [-0.3, -0.25) is 4.79 Å². The van der Waals surface area contributed by atoms with Crippen LogP contribution in [0.4, 0.5) is 5.69 Å². The molecule has 1 aromatic carbocycles. The number of rotatable bonds is 4. The largest absolute Gasteiger partial charge is 0.496 e. The zero-order chi connectivity index (χ0) is 13.9. The molecule has 18 heavy (non-hydrogen) atoms. The third kappa shape index (κ3) is 3.01. The highest BCUT2D eigenvalue weighted by Crippen LogP contribution is 2.27. The molecule has 0 aromatic heterocycles. The van der Waals surface area contributed by atoms with Crippen LogP contribution in [-0.2, 0) is 4.79 Å². The van der Waals surface area contributed by atoms with Crippen LogP contribution in [0.2, 0.25) is 0 Å². The summed E-state index contributed by atoms with van der Waals surface area (Å²) in [5, 5.41) is 5.89. The Hall–Kier alpha value is -1.55. The van der Waals surface area contributed by atoms with Gasteiger partial charge in [-0.1, -0.05) is 0 Å². The molecule has 0 aliphatic rings. The summed E-state index contributed by atoms with van der Waals surface area (Å²) in [5.74, 6) is 0.801. The molecule has 0 fully saturated rings. The van der Waals surface area contributed by atoms with Gasteiger partial charge in [0, 0.05) is 5.69 Å². The third-order valence-corrected chi connectivity index (χ3v) is 3.11. The Morgan fingerprint density at radius 1 is 1.22 bits per heavy atom. The Bertz CT molecular complexity index is 430. The monoisotopic (exact) mass is 250 g/mol. The number of hydrogen-bond donors (Lipinski definition) is 2. The van der Waals surface area contributed by atoms with Crippen LogP contribution in [0.1, 0.15) is 25.0 Å². The SMILES string of the molecule is CNC(C)(C)C(=O)Nc1cc(C)c(OC)c(C)c1. The van der Waals surface area contributed by atoms with Gasteiger partial charge in [0.05, 0.1) is 12.6 Å². The number of aryl methyl sites for hydroxylation is 2. The van der Waals surface area contributed by atoms with E-state index in [-0.39, 0.29) is 5.91 Å². The molecule has 100 valence electrons. The zero-order valence-corrected chi connectivity index (χ0v) is 12.0. The van der Waals surface area contributed by atoms with Gasteiger partial charge in [0.2, 0.25) is 5.91 Å². The number of hydrogen-bond acceptors (Lipinski definition) is 3. The molecule has 0 heterocycles. The lowest BCUT2D eigenvalue weighted by Gasteiger charge is -2.23. The Morgan fingerprint density at radius 3 is 2.11 bits per heavy atom. The van der Waals surface area contributed by atoms with Crippen molar-refractivity contribution in [2.24, 2.45) is 0 Å². The molecule has 0 aliphatic heterocycles. The van der Waals surface area contributed by atoms with Crippen molar-refractivity contribution in [1.82, 2.24) is 5.32 Å². The van der Waals surface area contributed by atoms with Crippen molar-refractivity contribution in [3.63, 3.8) is 0 Å². The van der Waals surface area contributed by atoms with Crippen LogP contribution in [-0.4, -0.2) is 25.6 Å². The second-order valence-corrected chi connectivity index (χ2v) is 4.97. The van der Waals surface area contributed by atoms with Gasteiger partial charge in [-0.05, 0) is 58.0 Å². The summed E-state index contributed by atoms with van der Waals surface area (Å²) in [6.45, 7) is 7.60. The second kappa shape index (κ2) is 5.40. The van der Waals surface area contributed by atoms with Crippen molar-refractivity contribution >= 4 is 11.6 Å². The maximum atomic E-state index is 12.0. The minimum atomic E-state index is -0.595. The molecule has 4 heteroatoms. The molecule has 1 aromatic rings. The van der Waals surface area contributed by atoms with E-state index in [0.29, 0.717) is 0 Å². The average molecular weight is 250 g/mol. The smallest absolute Gasteiger partial charge is 0.244 e. The van der Waals surface area contributed by atoms with Crippen molar-refractivity contribution in [1.29, 1.82) is 0 Å². The molecule has 4 nitrogen and oxygen atoms in total. The van der Waals surface area contributed by atoms with E-state index in [4.69, 9.17) is 4.74 Å². The van der Waals surface area contributed by atoms with Gasteiger partial charge in [0.1, 0.15) is 5.75 Å². The lowest BCUT2D eigenvalue weighted by molar-refractivity contribution is -0.121. The van der Waals surface area contributed by atoms with Crippen molar-refractivity contribution in [3.05, 3.63) is 23.3 Å². The van der Waals surface area contributed by atoms with E-state index >= 15 is 0 Å². The van der Waals surface area contributed by atoms with Crippen LogP contribution in [0.5, 0.6) is 5.75 Å². The number of amides is 1. The van der Waals surface area contributed by atoms with E-state index in [2.05, 4.69) is 10.6 Å². The molecule has 0 aliphatic carbocycles. The highest BCUT2D eigenvalue weighted by molar-refractivity contribution is 5.97. The lowest BCUT2D eigenvalue weighted by atomic mass is 10.0. The lowest BCUT2D eigenvalue weighted by Crippen LogP contribution is -2.47. The van der Waals surface area contributed by atoms with Crippen LogP contribution in [0.3, 0.4) is 0 Å². The number of anilines is 1. The van der Waals surface area contributed by atoms with Crippen LogP contribution in [0.15, 0.2) is 12.1 Å². The molecule has 0 saturated heterocycles. The fourth-order valence-corrected chi connectivity index (χ4v) is 1.75. The Morgan fingerprint density at radius 2 is 1.72 bits per heavy atom. The molecule has 1 rings (SSSR count). The van der Waals surface area contributed by atoms with Gasteiger partial charge in [-0.2, -0.15) is 0 Å². The first-order chi connectivity index (χ1) is 8.31. The third-order valence-electron chi connectivity index (χ3n) is 3.11. The number of methoxy groups -OCH3 is 1. The number of nitrogens with one attached hydrogen (secondary N) is 2. The van der Waals surface area contributed by atoms with Gasteiger partial charge in [0.25, 0.3) is 0 Å². The molecular formula is C14H22N2O2. The molecule has 0 unspecified atom stereocenters. The van der Waals surface area contributed by atoms with Gasteiger partial charge in [-0.25, -0.2) is 0 Å². The van der Waals surface area contributed by atoms with Gasteiger partial charge < -0.3 is 15.4 Å². The maximum absolute atomic E-state index is 12.0. The quantitative estimate of drug-likeness (QED) is 0.861. The van der Waals surface area contributed by atoms with Gasteiger partial charge in [0.15, 0.2) is 0 Å². The van der Waals surface area contributed by atoms with E-state index in [1.54, 1.807) is 14.2 Å². The molecule has 0 radical (unpaired) electrons. The molecular weight excluding hydrogens is 228 g/mol. The molecule has 0 spiro atoms. The van der Waals surface area contributed by atoms with Crippen molar-refractivity contribution in [2.45, 2.75) is 33.2 Å². The van der Waals surface area contributed by atoms with Gasteiger partial charge in [-0.15, -0.1) is 0 Å². The second-order valence-electron chi connectivity index (χ2n) is 4.97. The number of carbonyl (C=O) groups is 1. The molecule has 0 atom stereocenters. The summed E-state index contributed by atoms with van der Waals surface area (Å²) in [6.07, 6.45) is 0. The predicted molar refractivity (Wildman–Crippen MR) is 74.2 cm³/mol. The highest BCUT2D eigenvalue weighted by Gasteiger charge is 2.25. The molecule has 2 N–H and O–H groups in total. The van der Waals surface area contributed by atoms with Crippen LogP contribution in [0, 0.1) is 13.8 Å². The first kappa shape index (κ1) is 14.5. The summed E-state index contributed by atoms with van der Waals surface area (Å²) < 4.78 is 5.30. The van der Waals surface area contributed by atoms with E-state index in [9.17, 15) is 4.79 Å². The van der Waals surface area contributed by atoms with Crippen molar-refractivity contribution in [2.75, 3.05) is 19.5 Å². The minimum absolute atomic E-state index is 0.0611. The number of benzene rings is 1. The van der Waals surface area contributed by atoms with E-state index in [1.807, 2.05) is 39.8 Å². The topological polar surface area (TPSA) is 50.4 Å². The maximum Gasteiger partial charge on any atom is 0.244 e. The summed E-state index contributed by atoms with van der Waals surface area (Å²) in [6, 6.07) is 3.82. The number of carbonyl (C=O) groups excluding carboxylic acids is 1.